The van der Waals surface area contributed by atoms with Crippen LogP contribution in [0.5, 0.6) is 5.75 Å². The van der Waals surface area contributed by atoms with Gasteiger partial charge in [0.15, 0.2) is 0 Å². The van der Waals surface area contributed by atoms with Crippen molar-refractivity contribution in [2.45, 2.75) is 12.5 Å². The van der Waals surface area contributed by atoms with Crippen molar-refractivity contribution in [3.8, 4) is 5.75 Å². The zero-order chi connectivity index (χ0) is 12.7. The third-order valence-corrected chi connectivity index (χ3v) is 3.31. The Hall–Kier alpha value is -2.08. The van der Waals surface area contributed by atoms with Crippen LogP contribution >= 0.6 is 0 Å². The summed E-state index contributed by atoms with van der Waals surface area (Å²) in [5, 5.41) is 12.9. The number of phenolic OH excluding ortho intramolecular Hbond substituents is 1. The van der Waals surface area contributed by atoms with Gasteiger partial charge in [0.2, 0.25) is 0 Å². The van der Waals surface area contributed by atoms with E-state index in [-0.39, 0.29) is 17.4 Å². The van der Waals surface area contributed by atoms with Crippen molar-refractivity contribution in [3.63, 3.8) is 0 Å². The molecule has 1 saturated heterocycles. The number of phenols is 1. The Morgan fingerprint density at radius 2 is 2.17 bits per heavy atom. The highest BCUT2D eigenvalue weighted by Gasteiger charge is 2.21. The molecule has 94 valence electrons. The number of aromatic hydroxyl groups is 1. The number of hydrogen-bond donors (Lipinski definition) is 3. The molecule has 2 aromatic rings. The van der Waals surface area contributed by atoms with Crippen molar-refractivity contribution >= 4 is 10.9 Å². The maximum atomic E-state index is 12.3. The summed E-state index contributed by atoms with van der Waals surface area (Å²) >= 11 is 0. The lowest BCUT2D eigenvalue weighted by Gasteiger charge is -2.12. The monoisotopic (exact) mass is 247 g/mol. The van der Waals surface area contributed by atoms with E-state index in [0.717, 1.165) is 13.0 Å². The summed E-state index contributed by atoms with van der Waals surface area (Å²) in [6.07, 6.45) is 0.757. The SMILES string of the molecule is O=c1[nH]c2ccc(O)cc2c(=O)n1C1CCNC1. The summed E-state index contributed by atoms with van der Waals surface area (Å²) in [4.78, 5) is 26.9. The fourth-order valence-corrected chi connectivity index (χ4v) is 2.41. The Balaban J connectivity index is 2.32. The minimum atomic E-state index is -0.396. The number of fused-ring (bicyclic) bond motifs is 1. The minimum Gasteiger partial charge on any atom is -0.508 e. The molecule has 6 nitrogen and oxygen atoms in total. The van der Waals surface area contributed by atoms with Crippen molar-refractivity contribution in [1.29, 1.82) is 0 Å². The Morgan fingerprint density at radius 3 is 2.89 bits per heavy atom. The molecule has 0 amide bonds. The largest absolute Gasteiger partial charge is 0.508 e. The number of nitrogens with one attached hydrogen (secondary N) is 2. The molecule has 1 fully saturated rings. The van der Waals surface area contributed by atoms with E-state index >= 15 is 0 Å². The molecule has 1 aliphatic rings. The Bertz CT molecular complexity index is 711. The molecule has 6 heteroatoms. The van der Waals surface area contributed by atoms with Gasteiger partial charge in [0.05, 0.1) is 16.9 Å². The normalized spacial score (nSPS) is 19.4. The standard InChI is InChI=1S/C12H13N3O3/c16-8-1-2-10-9(5-8)11(17)15(12(18)14-10)7-3-4-13-6-7/h1-2,5,7,13,16H,3-4,6H2,(H,14,18). The van der Waals surface area contributed by atoms with Crippen LogP contribution in [0.1, 0.15) is 12.5 Å². The van der Waals surface area contributed by atoms with Gasteiger partial charge in [-0.15, -0.1) is 0 Å². The predicted octanol–water partition coefficient (Wildman–Crippen LogP) is -0.0702. The molecule has 3 rings (SSSR count). The van der Waals surface area contributed by atoms with Crippen molar-refractivity contribution in [3.05, 3.63) is 39.0 Å². The smallest absolute Gasteiger partial charge is 0.329 e. The second kappa shape index (κ2) is 3.99. The molecule has 0 saturated carbocycles. The number of aromatic nitrogens is 2. The van der Waals surface area contributed by atoms with Crippen LogP contribution in [0.2, 0.25) is 0 Å². The highest BCUT2D eigenvalue weighted by molar-refractivity contribution is 5.78. The van der Waals surface area contributed by atoms with Gasteiger partial charge in [-0.2, -0.15) is 0 Å². The molecule has 1 aromatic heterocycles. The van der Waals surface area contributed by atoms with Crippen LogP contribution in [0, 0.1) is 0 Å². The number of H-pyrrole nitrogens is 1. The highest BCUT2D eigenvalue weighted by atomic mass is 16.3. The fraction of sp³-hybridized carbons (Fsp3) is 0.333. The molecule has 0 aliphatic carbocycles. The van der Waals surface area contributed by atoms with E-state index in [0.29, 0.717) is 17.4 Å². The van der Waals surface area contributed by atoms with Gasteiger partial charge >= 0.3 is 5.69 Å². The van der Waals surface area contributed by atoms with E-state index in [1.54, 1.807) is 0 Å². The second-order valence-electron chi connectivity index (χ2n) is 4.48. The number of benzene rings is 1. The number of nitrogens with zero attached hydrogens (tertiary/aromatic N) is 1. The Morgan fingerprint density at radius 1 is 1.33 bits per heavy atom. The third kappa shape index (κ3) is 1.62. The molecule has 1 aromatic carbocycles. The summed E-state index contributed by atoms with van der Waals surface area (Å²) in [7, 11) is 0. The fourth-order valence-electron chi connectivity index (χ4n) is 2.41. The molecule has 1 atom stereocenters. The van der Waals surface area contributed by atoms with Crippen LogP contribution in [0.3, 0.4) is 0 Å². The van der Waals surface area contributed by atoms with E-state index < -0.39 is 5.69 Å². The molecule has 18 heavy (non-hydrogen) atoms. The molecular weight excluding hydrogens is 234 g/mol. The first-order valence-electron chi connectivity index (χ1n) is 5.85. The molecule has 0 bridgehead atoms. The third-order valence-electron chi connectivity index (χ3n) is 3.31. The maximum absolute atomic E-state index is 12.3. The number of hydrogen-bond acceptors (Lipinski definition) is 4. The molecule has 2 heterocycles. The van der Waals surface area contributed by atoms with Gasteiger partial charge in [0.1, 0.15) is 5.75 Å². The van der Waals surface area contributed by atoms with Crippen LogP contribution in [-0.2, 0) is 0 Å². The predicted molar refractivity (Wildman–Crippen MR) is 67.0 cm³/mol. The van der Waals surface area contributed by atoms with Crippen LogP contribution in [-0.4, -0.2) is 27.7 Å². The first kappa shape index (κ1) is 11.0. The van der Waals surface area contributed by atoms with Gasteiger partial charge in [-0.25, -0.2) is 4.79 Å². The van der Waals surface area contributed by atoms with E-state index in [1.807, 2.05) is 0 Å². The second-order valence-corrected chi connectivity index (χ2v) is 4.48. The summed E-state index contributed by atoms with van der Waals surface area (Å²) in [5.74, 6) is 0.0164. The van der Waals surface area contributed by atoms with Crippen molar-refractivity contribution in [2.75, 3.05) is 13.1 Å². The van der Waals surface area contributed by atoms with E-state index in [1.165, 1.54) is 22.8 Å². The van der Waals surface area contributed by atoms with E-state index in [2.05, 4.69) is 10.3 Å². The zero-order valence-electron chi connectivity index (χ0n) is 9.64. The Labute approximate surface area is 102 Å². The first-order valence-corrected chi connectivity index (χ1v) is 5.85. The highest BCUT2D eigenvalue weighted by Crippen LogP contribution is 2.16. The van der Waals surface area contributed by atoms with Crippen LogP contribution < -0.4 is 16.6 Å². The summed E-state index contributed by atoms with van der Waals surface area (Å²) in [5.41, 5.74) is -0.296. The van der Waals surface area contributed by atoms with Gasteiger partial charge in [-0.1, -0.05) is 0 Å². The molecule has 0 radical (unpaired) electrons. The van der Waals surface area contributed by atoms with Crippen molar-refractivity contribution < 1.29 is 5.11 Å². The summed E-state index contributed by atoms with van der Waals surface area (Å²) in [6.45, 7) is 1.42. The number of aromatic amines is 1. The van der Waals surface area contributed by atoms with Gasteiger partial charge < -0.3 is 15.4 Å². The van der Waals surface area contributed by atoms with Crippen LogP contribution in [0.25, 0.3) is 10.9 Å². The van der Waals surface area contributed by atoms with Gasteiger partial charge in [-0.05, 0) is 31.2 Å². The topological polar surface area (TPSA) is 87.1 Å². The molecule has 1 unspecified atom stereocenters. The lowest BCUT2D eigenvalue weighted by atomic mass is 10.2. The molecule has 0 spiro atoms. The van der Waals surface area contributed by atoms with Gasteiger partial charge in [-0.3, -0.25) is 9.36 Å². The number of rotatable bonds is 1. The molecule has 3 N–H and O–H groups in total. The Kier molecular flexibility index (Phi) is 2.45. The molecular formula is C12H13N3O3. The average Bonchev–Trinajstić information content (AvgIpc) is 2.84. The lowest BCUT2D eigenvalue weighted by molar-refractivity contribution is 0.475. The van der Waals surface area contributed by atoms with E-state index in [9.17, 15) is 14.7 Å². The minimum absolute atomic E-state index is 0.0164. The summed E-state index contributed by atoms with van der Waals surface area (Å²) < 4.78 is 1.24. The van der Waals surface area contributed by atoms with Crippen LogP contribution in [0.15, 0.2) is 27.8 Å². The average molecular weight is 247 g/mol. The maximum Gasteiger partial charge on any atom is 0.329 e. The van der Waals surface area contributed by atoms with Crippen LogP contribution in [0.4, 0.5) is 0 Å². The molecule has 1 aliphatic heterocycles. The van der Waals surface area contributed by atoms with Crippen molar-refractivity contribution in [2.24, 2.45) is 0 Å². The van der Waals surface area contributed by atoms with Gasteiger partial charge in [0.25, 0.3) is 5.56 Å². The summed E-state index contributed by atoms with van der Waals surface area (Å²) in [6, 6.07) is 4.24. The van der Waals surface area contributed by atoms with E-state index in [4.69, 9.17) is 0 Å². The first-order chi connectivity index (χ1) is 8.66. The van der Waals surface area contributed by atoms with Gasteiger partial charge in [0, 0.05) is 6.54 Å². The zero-order valence-corrected chi connectivity index (χ0v) is 9.64. The quantitative estimate of drug-likeness (QED) is 0.658. The van der Waals surface area contributed by atoms with Crippen molar-refractivity contribution in [1.82, 2.24) is 14.9 Å². The lowest BCUT2D eigenvalue weighted by Crippen LogP contribution is -2.38.